The number of benzene rings is 1. The summed E-state index contributed by atoms with van der Waals surface area (Å²) >= 11 is 0. The molecule has 206 valence electrons. The highest BCUT2D eigenvalue weighted by molar-refractivity contribution is 7.91. The van der Waals surface area contributed by atoms with E-state index in [-0.39, 0.29) is 37.4 Å². The molecule has 4 rings (SSSR count). The van der Waals surface area contributed by atoms with Crippen molar-refractivity contribution in [2.75, 3.05) is 21.7 Å². The monoisotopic (exact) mass is 567 g/mol. The number of nitrogens with zero attached hydrogens (tertiary/aromatic N) is 7. The van der Waals surface area contributed by atoms with Gasteiger partial charge in [-0.3, -0.25) is 9.36 Å². The van der Waals surface area contributed by atoms with Crippen molar-refractivity contribution in [1.29, 1.82) is 0 Å². The van der Waals surface area contributed by atoms with Gasteiger partial charge < -0.3 is 9.64 Å². The summed E-state index contributed by atoms with van der Waals surface area (Å²) in [6.45, 7) is -0.310. The Kier molecular flexibility index (Phi) is 7.37. The largest absolute Gasteiger partial charge is 0.445 e. The van der Waals surface area contributed by atoms with Crippen molar-refractivity contribution < 1.29 is 26.4 Å². The van der Waals surface area contributed by atoms with Crippen LogP contribution in [-0.2, 0) is 45.9 Å². The zero-order valence-electron chi connectivity index (χ0n) is 20.8. The van der Waals surface area contributed by atoms with Gasteiger partial charge in [0.15, 0.2) is 5.66 Å². The lowest BCUT2D eigenvalue weighted by Crippen LogP contribution is -2.72. The summed E-state index contributed by atoms with van der Waals surface area (Å²) < 4.78 is 62.2. The molecule has 1 aliphatic rings. The number of aryl methyl sites for hydroxylation is 2. The molecule has 0 aliphatic carbocycles. The number of carbonyl (C=O) groups excluding carboxylic acids is 1. The number of piperidine rings is 1. The molecule has 0 radical (unpaired) electrons. The van der Waals surface area contributed by atoms with Gasteiger partial charge in [-0.25, -0.2) is 23.7 Å². The third-order valence-electron chi connectivity index (χ3n) is 6.03. The molecule has 0 atom stereocenters. The Morgan fingerprint density at radius 1 is 0.974 bits per heavy atom. The first-order chi connectivity index (χ1) is 17.8. The van der Waals surface area contributed by atoms with Crippen molar-refractivity contribution in [2.24, 2.45) is 24.4 Å². The van der Waals surface area contributed by atoms with Gasteiger partial charge in [0.2, 0.25) is 0 Å². The molecule has 0 saturated carbocycles. The fourth-order valence-electron chi connectivity index (χ4n) is 4.67. The van der Waals surface area contributed by atoms with Gasteiger partial charge in [-0.1, -0.05) is 30.3 Å². The summed E-state index contributed by atoms with van der Waals surface area (Å²) in [6, 6.07) is 8.98. The van der Waals surface area contributed by atoms with E-state index < -0.39 is 38.7 Å². The SMILES string of the molecule is Cn1cc(N(C2(N(c3cnn(C)c3)S(N)(=O)=O)CCCN(C(=O)OCc3ccccc3)C2)S(N)(=O)=O)cn1. The van der Waals surface area contributed by atoms with E-state index in [0.29, 0.717) is 0 Å². The molecule has 15 nitrogen and oxygen atoms in total. The number of rotatable bonds is 8. The fourth-order valence-corrected chi connectivity index (χ4v) is 6.91. The minimum absolute atomic E-state index is 0.0213. The molecule has 1 saturated heterocycles. The Labute approximate surface area is 220 Å². The zero-order valence-corrected chi connectivity index (χ0v) is 22.4. The van der Waals surface area contributed by atoms with Crippen LogP contribution in [0, 0.1) is 0 Å². The number of aromatic nitrogens is 4. The van der Waals surface area contributed by atoms with Crippen LogP contribution in [0.4, 0.5) is 16.2 Å². The van der Waals surface area contributed by atoms with Gasteiger partial charge in [-0.15, -0.1) is 0 Å². The topological polar surface area (TPSA) is 192 Å². The summed E-state index contributed by atoms with van der Waals surface area (Å²) in [5.74, 6) is 0. The zero-order chi connectivity index (χ0) is 27.7. The average Bonchev–Trinajstić information content (AvgIpc) is 3.44. The molecule has 0 unspecified atom stereocenters. The van der Waals surface area contributed by atoms with Crippen molar-refractivity contribution >= 4 is 37.9 Å². The van der Waals surface area contributed by atoms with Gasteiger partial charge in [0.25, 0.3) is 0 Å². The minimum atomic E-state index is -4.66. The van der Waals surface area contributed by atoms with E-state index >= 15 is 0 Å². The van der Waals surface area contributed by atoms with E-state index in [2.05, 4.69) is 10.2 Å². The lowest BCUT2D eigenvalue weighted by molar-refractivity contribution is 0.0755. The molecule has 1 aliphatic heterocycles. The maximum Gasteiger partial charge on any atom is 0.410 e. The van der Waals surface area contributed by atoms with Crippen molar-refractivity contribution in [1.82, 2.24) is 24.5 Å². The van der Waals surface area contributed by atoms with Gasteiger partial charge in [0.1, 0.15) is 6.61 Å². The minimum Gasteiger partial charge on any atom is -0.445 e. The van der Waals surface area contributed by atoms with E-state index in [9.17, 15) is 21.6 Å². The van der Waals surface area contributed by atoms with Gasteiger partial charge in [0, 0.05) is 33.0 Å². The lowest BCUT2D eigenvalue weighted by atomic mass is 9.97. The molecule has 1 aromatic carbocycles. The second-order valence-electron chi connectivity index (χ2n) is 8.91. The number of carbonyl (C=O) groups is 1. The van der Waals surface area contributed by atoms with Crippen molar-refractivity contribution in [3.63, 3.8) is 0 Å². The maximum absolute atomic E-state index is 13.2. The first kappa shape index (κ1) is 27.4. The van der Waals surface area contributed by atoms with Gasteiger partial charge in [-0.05, 0) is 18.4 Å². The van der Waals surface area contributed by atoms with Crippen molar-refractivity contribution in [2.45, 2.75) is 25.1 Å². The normalized spacial score (nSPS) is 15.7. The Bertz CT molecular complexity index is 1430. The van der Waals surface area contributed by atoms with Gasteiger partial charge >= 0.3 is 26.5 Å². The second-order valence-corrected chi connectivity index (χ2v) is 11.7. The highest BCUT2D eigenvalue weighted by atomic mass is 32.2. The van der Waals surface area contributed by atoms with Crippen molar-refractivity contribution in [3.05, 3.63) is 60.7 Å². The third-order valence-corrected chi connectivity index (χ3v) is 8.15. The van der Waals surface area contributed by atoms with Crippen molar-refractivity contribution in [3.8, 4) is 0 Å². The first-order valence-electron chi connectivity index (χ1n) is 11.4. The molecule has 0 spiro atoms. The standard InChI is InChI=1S/C21H29N9O6S2/c1-26-13-18(11-24-26)29(37(22,32)33)21(30(38(23,34)35)19-12-25-27(2)14-19)9-6-10-28(16-21)20(31)36-15-17-7-4-3-5-8-17/h3-5,7-8,11-14H,6,9-10,15-16H2,1-2H3,(H2,22,32,33)(H2,23,34,35). The number of ether oxygens (including phenoxy) is 1. The van der Waals surface area contributed by atoms with Crippen LogP contribution < -0.4 is 18.9 Å². The van der Waals surface area contributed by atoms with Crippen LogP contribution in [0.5, 0.6) is 0 Å². The summed E-state index contributed by atoms with van der Waals surface area (Å²) in [7, 11) is -6.20. The molecule has 3 heterocycles. The number of likely N-dealkylation sites (tertiary alicyclic amines) is 1. The van der Waals surface area contributed by atoms with E-state index in [1.54, 1.807) is 38.4 Å². The summed E-state index contributed by atoms with van der Waals surface area (Å²) in [5, 5.41) is 19.5. The van der Waals surface area contributed by atoms with Crippen LogP contribution in [0.3, 0.4) is 0 Å². The quantitative estimate of drug-likeness (QED) is 0.355. The smallest absolute Gasteiger partial charge is 0.410 e. The molecular weight excluding hydrogens is 538 g/mol. The van der Waals surface area contributed by atoms with Crippen LogP contribution in [0.1, 0.15) is 18.4 Å². The molecule has 38 heavy (non-hydrogen) atoms. The third kappa shape index (κ3) is 5.59. The number of hydrogen-bond donors (Lipinski definition) is 2. The molecule has 1 amide bonds. The highest BCUT2D eigenvalue weighted by Gasteiger charge is 2.55. The van der Waals surface area contributed by atoms with Crippen LogP contribution in [0.2, 0.25) is 0 Å². The maximum atomic E-state index is 13.2. The second kappa shape index (κ2) is 10.2. The Hall–Kier alpha value is -3.67. The summed E-state index contributed by atoms with van der Waals surface area (Å²) in [5.41, 5.74) is -1.32. The predicted octanol–water partition coefficient (Wildman–Crippen LogP) is 0.00250. The number of nitrogens with two attached hydrogens (primary N) is 2. The molecule has 0 bridgehead atoms. The Morgan fingerprint density at radius 3 is 1.95 bits per heavy atom. The molecular formula is C21H29N9O6S2. The van der Waals surface area contributed by atoms with Crippen LogP contribution in [0.25, 0.3) is 0 Å². The van der Waals surface area contributed by atoms with E-state index in [1.165, 1.54) is 39.1 Å². The molecule has 1 fully saturated rings. The van der Waals surface area contributed by atoms with E-state index in [0.717, 1.165) is 14.2 Å². The Balaban J connectivity index is 1.84. The number of amides is 1. The lowest BCUT2D eigenvalue weighted by Gasteiger charge is -2.52. The molecule has 2 aromatic heterocycles. The average molecular weight is 568 g/mol. The first-order valence-corrected chi connectivity index (χ1v) is 14.4. The molecule has 3 aromatic rings. The molecule has 4 N–H and O–H groups in total. The van der Waals surface area contributed by atoms with Gasteiger partial charge in [0.05, 0.1) is 30.3 Å². The van der Waals surface area contributed by atoms with Crippen LogP contribution >= 0.6 is 0 Å². The van der Waals surface area contributed by atoms with E-state index in [1.807, 2.05) is 6.07 Å². The molecule has 17 heteroatoms. The predicted molar refractivity (Wildman–Crippen MR) is 138 cm³/mol. The Morgan fingerprint density at radius 2 is 1.50 bits per heavy atom. The number of anilines is 2. The highest BCUT2D eigenvalue weighted by Crippen LogP contribution is 2.40. The summed E-state index contributed by atoms with van der Waals surface area (Å²) in [6.07, 6.45) is 4.55. The number of hydrogen-bond acceptors (Lipinski definition) is 8. The fraction of sp³-hybridized carbons (Fsp3) is 0.381. The van der Waals surface area contributed by atoms with E-state index in [4.69, 9.17) is 15.0 Å². The van der Waals surface area contributed by atoms with Crippen LogP contribution in [0.15, 0.2) is 55.1 Å². The van der Waals surface area contributed by atoms with Gasteiger partial charge in [-0.2, -0.15) is 27.0 Å². The van der Waals surface area contributed by atoms with Crippen LogP contribution in [-0.4, -0.2) is 66.1 Å². The summed E-state index contributed by atoms with van der Waals surface area (Å²) in [4.78, 5) is 14.4.